The highest BCUT2D eigenvalue weighted by Gasteiger charge is 2.37. The van der Waals surface area contributed by atoms with E-state index < -0.39 is 18.0 Å². The fourth-order valence-electron chi connectivity index (χ4n) is 1.97. The highest BCUT2D eigenvalue weighted by molar-refractivity contribution is 5.84. The quantitative estimate of drug-likeness (QED) is 0.868. The van der Waals surface area contributed by atoms with Crippen molar-refractivity contribution < 1.29 is 18.0 Å². The Bertz CT molecular complexity index is 742. The van der Waals surface area contributed by atoms with E-state index in [1.54, 1.807) is 13.8 Å². The molecule has 2 heterocycles. The number of anilines is 1. The molecule has 24 heavy (non-hydrogen) atoms. The summed E-state index contributed by atoms with van der Waals surface area (Å²) < 4.78 is 39.3. The lowest BCUT2D eigenvalue weighted by Gasteiger charge is -2.18. The predicted octanol–water partition coefficient (Wildman–Crippen LogP) is 2.17. The third-order valence-electron chi connectivity index (χ3n) is 3.45. The van der Waals surface area contributed by atoms with E-state index in [9.17, 15) is 18.0 Å². The van der Waals surface area contributed by atoms with Gasteiger partial charge in [0.05, 0.1) is 0 Å². The topological polar surface area (TPSA) is 84.2 Å². The van der Waals surface area contributed by atoms with Crippen molar-refractivity contribution in [1.82, 2.24) is 24.9 Å². The van der Waals surface area contributed by atoms with Gasteiger partial charge in [0.2, 0.25) is 5.91 Å². The second-order valence-corrected chi connectivity index (χ2v) is 5.61. The molecule has 1 amide bonds. The number of aromatic nitrogens is 4. The monoisotopic (exact) mass is 344 g/mol. The minimum atomic E-state index is -4.67. The molecule has 0 saturated heterocycles. The van der Waals surface area contributed by atoms with E-state index in [0.717, 1.165) is 10.9 Å². The van der Waals surface area contributed by atoms with Crippen LogP contribution in [0, 0.1) is 6.92 Å². The van der Waals surface area contributed by atoms with Crippen LogP contribution >= 0.6 is 0 Å². The predicted molar refractivity (Wildman–Crippen MR) is 81.5 cm³/mol. The van der Waals surface area contributed by atoms with Gasteiger partial charge in [0, 0.05) is 17.8 Å². The molecule has 10 heteroatoms. The summed E-state index contributed by atoms with van der Waals surface area (Å²) in [4.78, 5) is 19.4. The highest BCUT2D eigenvalue weighted by Crippen LogP contribution is 2.27. The van der Waals surface area contributed by atoms with Crippen LogP contribution in [0.3, 0.4) is 0 Å². The Kier molecular flexibility index (Phi) is 4.95. The molecule has 0 radical (unpaired) electrons. The molecule has 0 bridgehead atoms. The first-order chi connectivity index (χ1) is 11.1. The van der Waals surface area contributed by atoms with E-state index in [1.807, 2.05) is 13.8 Å². The zero-order chi connectivity index (χ0) is 18.1. The maximum Gasteiger partial charge on any atom is 0.453 e. The van der Waals surface area contributed by atoms with Crippen LogP contribution in [-0.4, -0.2) is 37.6 Å². The molecular weight excluding hydrogens is 325 g/mol. The second-order valence-electron chi connectivity index (χ2n) is 5.61. The van der Waals surface area contributed by atoms with E-state index in [4.69, 9.17) is 0 Å². The van der Waals surface area contributed by atoms with Crippen molar-refractivity contribution in [1.29, 1.82) is 0 Å². The standard InChI is InChI=1S/C14H19F3N6O/c1-5-7(2)18-11(24)9(4)20-10-6-8(3)19-13-21-12(14(15,16)17)22-23(10)13/h6-7,9,20H,5H2,1-4H3,(H,18,24). The van der Waals surface area contributed by atoms with E-state index in [1.165, 1.54) is 6.07 Å². The van der Waals surface area contributed by atoms with Crippen molar-refractivity contribution in [3.05, 3.63) is 17.6 Å². The van der Waals surface area contributed by atoms with Crippen LogP contribution in [0.4, 0.5) is 19.0 Å². The summed E-state index contributed by atoms with van der Waals surface area (Å²) in [5.41, 5.74) is 0.459. The number of fused-ring (bicyclic) bond motifs is 1. The number of hydrogen-bond acceptors (Lipinski definition) is 5. The van der Waals surface area contributed by atoms with Crippen LogP contribution in [0.5, 0.6) is 0 Å². The van der Waals surface area contributed by atoms with Gasteiger partial charge in [-0.05, 0) is 27.2 Å². The minimum absolute atomic E-state index is 0.00384. The van der Waals surface area contributed by atoms with Gasteiger partial charge < -0.3 is 10.6 Å². The first kappa shape index (κ1) is 18.0. The third kappa shape index (κ3) is 3.92. The van der Waals surface area contributed by atoms with Crippen molar-refractivity contribution in [3.8, 4) is 0 Å². The molecule has 0 aliphatic heterocycles. The molecule has 2 rings (SSSR count). The molecule has 0 aromatic carbocycles. The SMILES string of the molecule is CCC(C)NC(=O)C(C)Nc1cc(C)nc2nc(C(F)(F)F)nn12. The molecular formula is C14H19F3N6O. The Morgan fingerprint density at radius 3 is 2.58 bits per heavy atom. The van der Waals surface area contributed by atoms with Crippen molar-refractivity contribution in [3.63, 3.8) is 0 Å². The lowest BCUT2D eigenvalue weighted by molar-refractivity contribution is -0.144. The number of alkyl halides is 3. The Hall–Kier alpha value is -2.39. The Balaban J connectivity index is 2.31. The summed E-state index contributed by atoms with van der Waals surface area (Å²) in [6.45, 7) is 7.04. The van der Waals surface area contributed by atoms with Crippen LogP contribution in [0.2, 0.25) is 0 Å². The largest absolute Gasteiger partial charge is 0.453 e. The Morgan fingerprint density at radius 1 is 1.33 bits per heavy atom. The third-order valence-corrected chi connectivity index (χ3v) is 3.45. The zero-order valence-electron chi connectivity index (χ0n) is 13.8. The number of amides is 1. The van der Waals surface area contributed by atoms with Crippen molar-refractivity contribution >= 4 is 17.5 Å². The van der Waals surface area contributed by atoms with Gasteiger partial charge >= 0.3 is 6.18 Å². The number of rotatable bonds is 5. The zero-order valence-corrected chi connectivity index (χ0v) is 13.8. The molecule has 2 N–H and O–H groups in total. The maximum atomic E-state index is 12.8. The van der Waals surface area contributed by atoms with Crippen LogP contribution in [0.1, 0.15) is 38.7 Å². The van der Waals surface area contributed by atoms with E-state index in [2.05, 4.69) is 25.7 Å². The highest BCUT2D eigenvalue weighted by atomic mass is 19.4. The smallest absolute Gasteiger partial charge is 0.358 e. The van der Waals surface area contributed by atoms with Gasteiger partial charge in [0.1, 0.15) is 11.9 Å². The molecule has 2 aromatic heterocycles. The molecule has 0 fully saturated rings. The van der Waals surface area contributed by atoms with Gasteiger partial charge in [-0.1, -0.05) is 6.92 Å². The summed E-state index contributed by atoms with van der Waals surface area (Å²) in [7, 11) is 0. The van der Waals surface area contributed by atoms with Crippen LogP contribution in [0.15, 0.2) is 6.07 Å². The minimum Gasteiger partial charge on any atom is -0.358 e. The molecule has 2 atom stereocenters. The molecule has 0 aliphatic rings. The van der Waals surface area contributed by atoms with Crippen molar-refractivity contribution in [2.45, 2.75) is 52.4 Å². The lowest BCUT2D eigenvalue weighted by Crippen LogP contribution is -2.42. The van der Waals surface area contributed by atoms with Gasteiger partial charge in [0.25, 0.3) is 11.6 Å². The van der Waals surface area contributed by atoms with Gasteiger partial charge in [-0.2, -0.15) is 22.7 Å². The molecule has 2 unspecified atom stereocenters. The molecule has 2 aromatic rings. The molecule has 0 spiro atoms. The first-order valence-corrected chi connectivity index (χ1v) is 7.50. The summed E-state index contributed by atoms with van der Waals surface area (Å²) in [5.74, 6) is -1.50. The van der Waals surface area contributed by atoms with Crippen molar-refractivity contribution in [2.24, 2.45) is 0 Å². The number of nitrogens with zero attached hydrogens (tertiary/aromatic N) is 4. The molecule has 7 nitrogen and oxygen atoms in total. The molecule has 0 aliphatic carbocycles. The lowest BCUT2D eigenvalue weighted by atomic mass is 10.2. The summed E-state index contributed by atoms with van der Waals surface area (Å²) in [6, 6.07) is 0.848. The van der Waals surface area contributed by atoms with E-state index >= 15 is 0 Å². The number of carbonyl (C=O) groups excluding carboxylic acids is 1. The summed E-state index contributed by atoms with van der Waals surface area (Å²) in [5, 5.41) is 9.10. The number of nitrogens with one attached hydrogen (secondary N) is 2. The molecule has 0 saturated carbocycles. The number of halogens is 3. The average Bonchev–Trinajstić information content (AvgIpc) is 2.90. The summed E-state index contributed by atoms with van der Waals surface area (Å²) in [6.07, 6.45) is -3.90. The van der Waals surface area contributed by atoms with Gasteiger partial charge in [0.15, 0.2) is 0 Å². The van der Waals surface area contributed by atoms with Crippen molar-refractivity contribution in [2.75, 3.05) is 5.32 Å². The van der Waals surface area contributed by atoms with Crippen LogP contribution in [0.25, 0.3) is 5.78 Å². The maximum absolute atomic E-state index is 12.8. The number of carbonyl (C=O) groups is 1. The van der Waals surface area contributed by atoms with Crippen LogP contribution < -0.4 is 10.6 Å². The van der Waals surface area contributed by atoms with Gasteiger partial charge in [-0.15, -0.1) is 5.10 Å². The number of hydrogen-bond donors (Lipinski definition) is 2. The fraction of sp³-hybridized carbons (Fsp3) is 0.571. The Morgan fingerprint density at radius 2 is 2.00 bits per heavy atom. The first-order valence-electron chi connectivity index (χ1n) is 7.50. The van der Waals surface area contributed by atoms with Gasteiger partial charge in [-0.3, -0.25) is 4.79 Å². The summed E-state index contributed by atoms with van der Waals surface area (Å²) >= 11 is 0. The average molecular weight is 344 g/mol. The van der Waals surface area contributed by atoms with E-state index in [-0.39, 0.29) is 23.5 Å². The normalized spacial score (nSPS) is 14.5. The Labute approximate surface area is 136 Å². The molecule has 132 valence electrons. The second kappa shape index (κ2) is 6.62. The van der Waals surface area contributed by atoms with Gasteiger partial charge in [-0.25, -0.2) is 4.98 Å². The van der Waals surface area contributed by atoms with E-state index in [0.29, 0.717) is 5.69 Å². The van der Waals surface area contributed by atoms with Crippen LogP contribution in [-0.2, 0) is 11.0 Å². The fourth-order valence-corrected chi connectivity index (χ4v) is 1.97. The number of aryl methyl sites for hydroxylation is 1.